The predicted molar refractivity (Wildman–Crippen MR) is 265 cm³/mol. The van der Waals surface area contributed by atoms with Gasteiger partial charge in [-0.25, -0.2) is 17.6 Å². The summed E-state index contributed by atoms with van der Waals surface area (Å²) in [5.74, 6) is 0.213. The highest BCUT2D eigenvalue weighted by Crippen LogP contribution is 2.63. The second kappa shape index (κ2) is 19.6. The van der Waals surface area contributed by atoms with Crippen molar-refractivity contribution in [1.82, 2.24) is 0 Å². The van der Waals surface area contributed by atoms with Crippen molar-refractivity contribution in [3.63, 3.8) is 0 Å². The molecule has 0 bridgehead atoms. The van der Waals surface area contributed by atoms with Crippen molar-refractivity contribution in [2.45, 2.75) is 109 Å². The van der Waals surface area contributed by atoms with Gasteiger partial charge < -0.3 is 0 Å². The molecule has 0 amide bonds. The zero-order valence-electron chi connectivity index (χ0n) is 35.2. The Morgan fingerprint density at radius 2 is 1.37 bits per heavy atom. The van der Waals surface area contributed by atoms with E-state index in [4.69, 9.17) is 8.80 Å². The van der Waals surface area contributed by atoms with E-state index in [-0.39, 0.29) is 11.2 Å². The van der Waals surface area contributed by atoms with Gasteiger partial charge in [0.1, 0.15) is 12.0 Å². The number of allylic oxidation sites excluding steroid dienone is 8. The molecule has 4 aromatic heterocycles. The molecule has 2 nitrogen and oxygen atoms in total. The molecular weight excluding hydrogens is 847 g/mol. The maximum Gasteiger partial charge on any atom is 0.134 e. The Morgan fingerprint density at radius 3 is 1.93 bits per heavy atom. The van der Waals surface area contributed by atoms with Crippen LogP contribution >= 0.6 is 69.2 Å². The standard InChI is InChI=1S/C49H56F2N2S6/c1-9-13-17-31(11-3)27-49(28-32(12-4)18-14-10-2)35-25-41(43-37(50)23-33(39-19-15-21-56-39)29(5)45(43)52-54-7)58-47(35)48-36(49)26-42(59-48)44-38(51)24-34(40-20-16-22-57-40)30(6)46(44)53-55-8/h15-16,19-26,31-32,37,43H,5-6,9-14,17-18,27-28H2,1-4,7-8H3. The molecule has 0 aromatic carbocycles. The highest BCUT2D eigenvalue weighted by atomic mass is 32.2. The van der Waals surface area contributed by atoms with Crippen LogP contribution in [0.15, 0.2) is 98.2 Å². The van der Waals surface area contributed by atoms with E-state index >= 15 is 8.78 Å². The highest BCUT2D eigenvalue weighted by molar-refractivity contribution is 7.97. The zero-order valence-corrected chi connectivity index (χ0v) is 40.1. The van der Waals surface area contributed by atoms with E-state index < -0.39 is 12.1 Å². The number of hydrogen-bond donors (Lipinski definition) is 0. The minimum Gasteiger partial charge on any atom is -0.242 e. The Balaban J connectivity index is 1.45. The summed E-state index contributed by atoms with van der Waals surface area (Å²) in [4.78, 5) is 6.29. The Morgan fingerprint density at radius 1 is 0.780 bits per heavy atom. The smallest absolute Gasteiger partial charge is 0.134 e. The van der Waals surface area contributed by atoms with Gasteiger partial charge in [-0.1, -0.05) is 104 Å². The van der Waals surface area contributed by atoms with Crippen molar-refractivity contribution in [3.05, 3.63) is 120 Å². The average Bonchev–Trinajstić information content (AvgIpc) is 4.09. The lowest BCUT2D eigenvalue weighted by atomic mass is 9.65. The first-order chi connectivity index (χ1) is 28.6. The maximum atomic E-state index is 17.0. The first kappa shape index (κ1) is 44.5. The number of fused-ring (bicyclic) bond motifs is 3. The molecule has 0 saturated heterocycles. The van der Waals surface area contributed by atoms with E-state index in [0.29, 0.717) is 23.1 Å². The van der Waals surface area contributed by atoms with Gasteiger partial charge in [-0.15, -0.1) is 45.3 Å². The highest BCUT2D eigenvalue weighted by Gasteiger charge is 2.50. The lowest BCUT2D eigenvalue weighted by Crippen LogP contribution is -2.31. The van der Waals surface area contributed by atoms with Crippen LogP contribution in [-0.2, 0) is 5.41 Å². The first-order valence-electron chi connectivity index (χ1n) is 21.1. The molecule has 4 atom stereocenters. The monoisotopic (exact) mass is 902 g/mol. The summed E-state index contributed by atoms with van der Waals surface area (Å²) >= 11 is 9.31. The second-order valence-electron chi connectivity index (χ2n) is 16.0. The summed E-state index contributed by atoms with van der Waals surface area (Å²) < 4.78 is 43.6. The summed E-state index contributed by atoms with van der Waals surface area (Å²) in [7, 11) is 0. The van der Waals surface area contributed by atoms with Gasteiger partial charge in [0.15, 0.2) is 0 Å². The topological polar surface area (TPSA) is 24.7 Å². The minimum atomic E-state index is -1.25. The third-order valence-electron chi connectivity index (χ3n) is 12.5. The van der Waals surface area contributed by atoms with Crippen LogP contribution in [0.5, 0.6) is 0 Å². The molecule has 10 heteroatoms. The lowest BCUT2D eigenvalue weighted by Gasteiger charge is -2.38. The van der Waals surface area contributed by atoms with Crippen LogP contribution in [0.4, 0.5) is 8.78 Å². The van der Waals surface area contributed by atoms with Gasteiger partial charge in [0, 0.05) is 58.3 Å². The number of hydrogen-bond acceptors (Lipinski definition) is 8. The van der Waals surface area contributed by atoms with Gasteiger partial charge in [0.05, 0.1) is 22.9 Å². The summed E-state index contributed by atoms with van der Waals surface area (Å²) in [6.45, 7) is 18.3. The van der Waals surface area contributed by atoms with Gasteiger partial charge in [-0.2, -0.15) is 0 Å². The number of unbranched alkanes of at least 4 members (excludes halogenated alkanes) is 2. The third-order valence-corrected chi connectivity index (χ3v) is 17.6. The van der Waals surface area contributed by atoms with E-state index in [2.05, 4.69) is 53.0 Å². The van der Waals surface area contributed by atoms with Crippen molar-refractivity contribution < 1.29 is 8.78 Å². The largest absolute Gasteiger partial charge is 0.242 e. The summed E-state index contributed by atoms with van der Waals surface area (Å²) in [5.41, 5.74) is 7.39. The Labute approximate surface area is 375 Å². The number of halogens is 2. The molecule has 59 heavy (non-hydrogen) atoms. The fraction of sp³-hybridized carbons (Fsp3) is 0.429. The van der Waals surface area contributed by atoms with Gasteiger partial charge in [-0.05, 0) is 118 Å². The molecule has 0 spiro atoms. The summed E-state index contributed by atoms with van der Waals surface area (Å²) in [6, 6.07) is 12.7. The summed E-state index contributed by atoms with van der Waals surface area (Å²) in [5, 5.41) is 4.04. The van der Waals surface area contributed by atoms with Crippen LogP contribution in [0.25, 0.3) is 26.5 Å². The number of rotatable bonds is 18. The predicted octanol–water partition coefficient (Wildman–Crippen LogP) is 17.3. The van der Waals surface area contributed by atoms with E-state index in [1.807, 2.05) is 47.5 Å². The molecule has 4 aromatic rings. The SMILES string of the molecule is C=C1C(c2cccs2)=CC(F)=C(c2cc3c(s2)-c2sc(C4C(=NSC)C(=C)C(c5cccs5)=CC4F)cc2C3(CC(CC)CCCC)CC(CC)CCCC)C1=NSC. The van der Waals surface area contributed by atoms with Crippen molar-refractivity contribution in [2.24, 2.45) is 20.6 Å². The normalized spacial score (nSPS) is 22.9. The molecule has 3 aliphatic rings. The number of alkyl halides is 1. The van der Waals surface area contributed by atoms with E-state index in [9.17, 15) is 0 Å². The van der Waals surface area contributed by atoms with Crippen molar-refractivity contribution in [1.29, 1.82) is 0 Å². The molecule has 3 aliphatic carbocycles. The fourth-order valence-corrected chi connectivity index (χ4v) is 14.6. The molecular formula is C49H56F2N2S6. The van der Waals surface area contributed by atoms with Crippen LogP contribution in [-0.4, -0.2) is 30.1 Å². The fourth-order valence-electron chi connectivity index (χ4n) is 9.42. The van der Waals surface area contributed by atoms with Gasteiger partial charge in [0.2, 0.25) is 0 Å². The first-order valence-corrected chi connectivity index (χ1v) is 26.9. The van der Waals surface area contributed by atoms with Crippen molar-refractivity contribution in [2.75, 3.05) is 12.5 Å². The molecule has 0 fully saturated rings. The van der Waals surface area contributed by atoms with E-state index in [0.717, 1.165) is 86.0 Å². The van der Waals surface area contributed by atoms with Crippen LogP contribution < -0.4 is 0 Å². The van der Waals surface area contributed by atoms with Gasteiger partial charge in [0.25, 0.3) is 0 Å². The molecule has 0 saturated carbocycles. The minimum absolute atomic E-state index is 0.276. The molecule has 4 heterocycles. The summed E-state index contributed by atoms with van der Waals surface area (Å²) in [6.07, 6.45) is 17.4. The van der Waals surface area contributed by atoms with E-state index in [1.165, 1.54) is 70.5 Å². The van der Waals surface area contributed by atoms with Crippen LogP contribution in [0.2, 0.25) is 0 Å². The average molecular weight is 903 g/mol. The number of thiophene rings is 4. The lowest BCUT2D eigenvalue weighted by molar-refractivity contribution is 0.266. The Kier molecular flexibility index (Phi) is 14.8. The van der Waals surface area contributed by atoms with Crippen molar-refractivity contribution in [3.8, 4) is 9.75 Å². The molecule has 0 aliphatic heterocycles. The zero-order chi connectivity index (χ0) is 41.8. The third kappa shape index (κ3) is 8.62. The quantitative estimate of drug-likeness (QED) is 0.0930. The van der Waals surface area contributed by atoms with E-state index in [1.54, 1.807) is 57.5 Å². The molecule has 312 valence electrons. The molecule has 4 unspecified atom stereocenters. The maximum absolute atomic E-state index is 17.0. The molecule has 0 radical (unpaired) electrons. The van der Waals surface area contributed by atoms with Crippen LogP contribution in [0.1, 0.15) is 128 Å². The Hall–Kier alpha value is -2.60. The molecule has 0 N–H and O–H groups in total. The molecule has 7 rings (SSSR count). The van der Waals surface area contributed by atoms with Gasteiger partial charge >= 0.3 is 0 Å². The number of nitrogens with zero attached hydrogens (tertiary/aromatic N) is 2. The second-order valence-corrected chi connectivity index (χ2v) is 21.2. The van der Waals surface area contributed by atoms with Crippen LogP contribution in [0.3, 0.4) is 0 Å². The van der Waals surface area contributed by atoms with Crippen molar-refractivity contribution >= 4 is 97.4 Å². The van der Waals surface area contributed by atoms with Crippen LogP contribution in [0, 0.1) is 11.8 Å². The van der Waals surface area contributed by atoms with Gasteiger partial charge in [-0.3, -0.25) is 0 Å². The Bertz CT molecular complexity index is 2280.